The third-order valence-corrected chi connectivity index (χ3v) is 7.62. The topological polar surface area (TPSA) is 158 Å². The van der Waals surface area contributed by atoms with Crippen molar-refractivity contribution in [2.24, 2.45) is 0 Å². The monoisotopic (exact) mass is 618 g/mol. The second-order valence-electron chi connectivity index (χ2n) is 10.8. The van der Waals surface area contributed by atoms with Gasteiger partial charge in [-0.1, -0.05) is 6.92 Å². The van der Waals surface area contributed by atoms with Crippen molar-refractivity contribution in [2.45, 2.75) is 52.1 Å². The molecule has 0 aromatic carbocycles. The number of H-pyrrole nitrogens is 1. The Hall–Kier alpha value is -4.85. The summed E-state index contributed by atoms with van der Waals surface area (Å²) in [4.78, 5) is 71.5. The minimum Gasteiger partial charge on any atom is -0.482 e. The van der Waals surface area contributed by atoms with Gasteiger partial charge in [-0.05, 0) is 49.9 Å². The minimum atomic E-state index is -0.441. The first-order chi connectivity index (χ1) is 21.9. The number of hydrogen-bond donors (Lipinski definition) is 1. The molecule has 0 saturated carbocycles. The van der Waals surface area contributed by atoms with Crippen LogP contribution in [0.25, 0.3) is 22.6 Å². The molecule has 5 rings (SSSR count). The van der Waals surface area contributed by atoms with Crippen molar-refractivity contribution in [3.63, 3.8) is 0 Å². The summed E-state index contributed by atoms with van der Waals surface area (Å²) in [7, 11) is 1.57. The molecule has 2 amide bonds. The summed E-state index contributed by atoms with van der Waals surface area (Å²) in [5.74, 6) is 1.09. The Morgan fingerprint density at radius 3 is 2.62 bits per heavy atom. The number of methoxy groups -OCH3 is 1. The molecule has 5 heterocycles. The van der Waals surface area contributed by atoms with E-state index in [-0.39, 0.29) is 36.1 Å². The number of rotatable bonds is 15. The van der Waals surface area contributed by atoms with Crippen LogP contribution in [0, 0.1) is 0 Å². The van der Waals surface area contributed by atoms with Gasteiger partial charge in [0.1, 0.15) is 22.9 Å². The molecule has 0 radical (unpaired) electrons. The Morgan fingerprint density at radius 2 is 1.93 bits per heavy atom. The van der Waals surface area contributed by atoms with E-state index in [0.717, 1.165) is 13.0 Å². The molecule has 45 heavy (non-hydrogen) atoms. The number of likely N-dealkylation sites (tertiary alicyclic amines) is 1. The van der Waals surface area contributed by atoms with Crippen LogP contribution in [0.5, 0.6) is 5.75 Å². The molecule has 0 spiro atoms. The quantitative estimate of drug-likeness (QED) is 0.197. The summed E-state index contributed by atoms with van der Waals surface area (Å²) in [6, 6.07) is 6.90. The van der Waals surface area contributed by atoms with E-state index < -0.39 is 11.2 Å². The number of aryl methyl sites for hydroxylation is 1. The predicted octanol–water partition coefficient (Wildman–Crippen LogP) is 2.21. The zero-order chi connectivity index (χ0) is 31.8. The molecule has 1 N–H and O–H groups in total. The average molecular weight is 619 g/mol. The molecule has 4 aromatic heterocycles. The zero-order valence-corrected chi connectivity index (χ0v) is 25.6. The largest absolute Gasteiger partial charge is 0.482 e. The van der Waals surface area contributed by atoms with E-state index in [1.165, 1.54) is 20.2 Å². The van der Waals surface area contributed by atoms with E-state index in [2.05, 4.69) is 19.9 Å². The highest BCUT2D eigenvalue weighted by Gasteiger charge is 2.23. The highest BCUT2D eigenvalue weighted by molar-refractivity contribution is 5.93. The maximum atomic E-state index is 13.3. The van der Waals surface area contributed by atoms with Gasteiger partial charge < -0.3 is 19.4 Å². The summed E-state index contributed by atoms with van der Waals surface area (Å²) in [5.41, 5.74) is 0.256. The van der Waals surface area contributed by atoms with E-state index in [4.69, 9.17) is 9.47 Å². The number of aromatic amines is 1. The van der Waals surface area contributed by atoms with Gasteiger partial charge >= 0.3 is 5.69 Å². The van der Waals surface area contributed by atoms with Crippen LogP contribution in [-0.4, -0.2) is 85.7 Å². The van der Waals surface area contributed by atoms with E-state index >= 15 is 0 Å². The first-order valence-electron chi connectivity index (χ1n) is 15.2. The fourth-order valence-electron chi connectivity index (χ4n) is 5.36. The highest BCUT2D eigenvalue weighted by Crippen LogP contribution is 2.22. The Labute approximate surface area is 259 Å². The van der Waals surface area contributed by atoms with Crippen LogP contribution < -0.4 is 20.9 Å². The highest BCUT2D eigenvalue weighted by atomic mass is 16.5. The second kappa shape index (κ2) is 14.8. The second-order valence-corrected chi connectivity index (χ2v) is 10.8. The number of ether oxygens (including phenoxy) is 2. The van der Waals surface area contributed by atoms with Crippen molar-refractivity contribution in [3.05, 3.63) is 63.7 Å². The molecule has 14 heteroatoms. The zero-order valence-electron chi connectivity index (χ0n) is 25.6. The Bertz CT molecular complexity index is 1730. The van der Waals surface area contributed by atoms with Crippen molar-refractivity contribution in [1.82, 2.24) is 34.0 Å². The number of pyridine rings is 2. The van der Waals surface area contributed by atoms with Gasteiger partial charge in [-0.25, -0.2) is 14.8 Å². The average Bonchev–Trinajstić information content (AvgIpc) is 3.69. The minimum absolute atomic E-state index is 0.132. The van der Waals surface area contributed by atoms with Crippen molar-refractivity contribution in [3.8, 4) is 17.1 Å². The number of hydrogen-bond acceptors (Lipinski definition) is 9. The number of nitrogens with one attached hydrogen (secondary N) is 1. The number of aromatic nitrogens is 6. The molecular weight excluding hydrogens is 580 g/mol. The molecule has 0 unspecified atom stereocenters. The van der Waals surface area contributed by atoms with Gasteiger partial charge in [-0.3, -0.25) is 33.4 Å². The van der Waals surface area contributed by atoms with E-state index in [0.29, 0.717) is 74.9 Å². The van der Waals surface area contributed by atoms with Gasteiger partial charge in [-0.2, -0.15) is 0 Å². The maximum Gasteiger partial charge on any atom is 0.332 e. The normalized spacial score (nSPS) is 13.1. The Morgan fingerprint density at radius 1 is 1.07 bits per heavy atom. The van der Waals surface area contributed by atoms with Crippen molar-refractivity contribution in [2.75, 3.05) is 44.9 Å². The standard InChI is InChI=1S/C31H38N8O6/c1-3-13-38-29-27(30(42)39(31(38)43)17-7-18-44-2)34-28(35-29)22-10-11-24(33-19-22)37(16-6-15-36-14-5-9-25(36)40)26(41)21-45-23-8-4-12-32-20-23/h4,8,10-12,19-20H,3,5-7,9,13-18,21H2,1-2H3,(H,34,35). The number of carbonyl (C=O) groups is 2. The van der Waals surface area contributed by atoms with Gasteiger partial charge in [0.25, 0.3) is 11.5 Å². The van der Waals surface area contributed by atoms with Gasteiger partial charge in [-0.15, -0.1) is 0 Å². The molecule has 4 aromatic rings. The fourth-order valence-corrected chi connectivity index (χ4v) is 5.36. The summed E-state index contributed by atoms with van der Waals surface area (Å²) >= 11 is 0. The lowest BCUT2D eigenvalue weighted by Gasteiger charge is -2.23. The van der Waals surface area contributed by atoms with Gasteiger partial charge in [0.05, 0.1) is 6.20 Å². The molecule has 14 nitrogen and oxygen atoms in total. The number of carbonyl (C=O) groups excluding carboxylic acids is 2. The van der Waals surface area contributed by atoms with Crippen molar-refractivity contribution < 1.29 is 19.1 Å². The summed E-state index contributed by atoms with van der Waals surface area (Å²) in [6.45, 7) is 4.41. The number of nitrogens with zero attached hydrogens (tertiary/aromatic N) is 7. The molecule has 0 aliphatic carbocycles. The maximum absolute atomic E-state index is 13.3. The first kappa shape index (κ1) is 31.6. The summed E-state index contributed by atoms with van der Waals surface area (Å²) in [5, 5.41) is 0. The molecule has 0 atom stereocenters. The van der Waals surface area contributed by atoms with Crippen molar-refractivity contribution in [1.29, 1.82) is 0 Å². The van der Waals surface area contributed by atoms with Crippen molar-refractivity contribution >= 4 is 28.8 Å². The molecule has 1 fully saturated rings. The lowest BCUT2D eigenvalue weighted by Crippen LogP contribution is -2.40. The smallest absolute Gasteiger partial charge is 0.332 e. The van der Waals surface area contributed by atoms with Gasteiger partial charge in [0.2, 0.25) is 5.91 Å². The number of fused-ring (bicyclic) bond motifs is 1. The third kappa shape index (κ3) is 7.28. The van der Waals surface area contributed by atoms with Crippen LogP contribution in [0.2, 0.25) is 0 Å². The SMILES string of the molecule is CCCn1c(=O)n(CCCOC)c(=O)c2[nH]c(-c3ccc(N(CCCN4CCCC4=O)C(=O)COc4cccnc4)nc3)nc21. The van der Waals surface area contributed by atoms with Crippen LogP contribution in [0.15, 0.2) is 52.4 Å². The first-order valence-corrected chi connectivity index (χ1v) is 15.2. The Balaban J connectivity index is 1.40. The molecule has 238 valence electrons. The number of anilines is 1. The summed E-state index contributed by atoms with van der Waals surface area (Å²) in [6.07, 6.45) is 7.91. The van der Waals surface area contributed by atoms with Crippen LogP contribution in [-0.2, 0) is 27.4 Å². The number of imidazole rings is 1. The van der Waals surface area contributed by atoms with Crippen LogP contribution in [0.4, 0.5) is 5.82 Å². The lowest BCUT2D eigenvalue weighted by atomic mass is 10.2. The van der Waals surface area contributed by atoms with E-state index in [9.17, 15) is 19.2 Å². The molecular formula is C31H38N8O6. The van der Waals surface area contributed by atoms with E-state index in [1.54, 1.807) is 43.8 Å². The van der Waals surface area contributed by atoms with Gasteiger partial charge in [0.15, 0.2) is 12.3 Å². The lowest BCUT2D eigenvalue weighted by molar-refractivity contribution is -0.127. The molecule has 1 aliphatic rings. The van der Waals surface area contributed by atoms with Crippen LogP contribution >= 0.6 is 0 Å². The predicted molar refractivity (Wildman–Crippen MR) is 167 cm³/mol. The molecule has 0 bridgehead atoms. The molecule has 1 aliphatic heterocycles. The van der Waals surface area contributed by atoms with Crippen LogP contribution in [0.3, 0.4) is 0 Å². The van der Waals surface area contributed by atoms with Crippen LogP contribution in [0.1, 0.15) is 39.0 Å². The summed E-state index contributed by atoms with van der Waals surface area (Å²) < 4.78 is 13.5. The molecule has 1 saturated heterocycles. The number of amides is 2. The third-order valence-electron chi connectivity index (χ3n) is 7.62. The Kier molecular flexibility index (Phi) is 10.3. The fraction of sp³-hybridized carbons (Fsp3) is 0.452. The van der Waals surface area contributed by atoms with Gasteiger partial charge in [0, 0.05) is 70.8 Å². The van der Waals surface area contributed by atoms with E-state index in [1.807, 2.05) is 11.8 Å².